The van der Waals surface area contributed by atoms with Gasteiger partial charge in [0.25, 0.3) is 11.8 Å². The monoisotopic (exact) mass is 457 g/mol. The van der Waals surface area contributed by atoms with Crippen molar-refractivity contribution in [2.45, 2.75) is 0 Å². The number of rotatable bonds is 5. The van der Waals surface area contributed by atoms with Crippen LogP contribution in [0.3, 0.4) is 0 Å². The highest BCUT2D eigenvalue weighted by Gasteiger charge is 2.24. The van der Waals surface area contributed by atoms with Gasteiger partial charge >= 0.3 is 0 Å². The molecule has 0 radical (unpaired) electrons. The van der Waals surface area contributed by atoms with E-state index >= 15 is 0 Å². The van der Waals surface area contributed by atoms with E-state index in [1.54, 1.807) is 54.6 Å². The fourth-order valence-corrected chi connectivity index (χ4v) is 3.57. The summed E-state index contributed by atoms with van der Waals surface area (Å²) in [7, 11) is 0. The number of nitrogens with one attached hydrogen (secondary N) is 2. The number of nitrogens with zero attached hydrogens (tertiary/aromatic N) is 1. The van der Waals surface area contributed by atoms with Gasteiger partial charge in [0.1, 0.15) is 11.3 Å². The molecule has 0 unspecified atom stereocenters. The van der Waals surface area contributed by atoms with Gasteiger partial charge < -0.3 is 19.6 Å². The largest absolute Gasteiger partial charge is 0.449 e. The molecule has 2 heterocycles. The van der Waals surface area contributed by atoms with Crippen LogP contribution in [0.25, 0.3) is 22.3 Å². The number of carbonyl (C=O) groups excluding carboxylic acids is 2. The fourth-order valence-electron chi connectivity index (χ4n) is 3.38. The van der Waals surface area contributed by atoms with E-state index < -0.39 is 11.8 Å². The second-order valence-electron chi connectivity index (χ2n) is 7.16. The lowest BCUT2D eigenvalue weighted by molar-refractivity contribution is 0.0999. The van der Waals surface area contributed by atoms with E-state index in [0.29, 0.717) is 27.4 Å². The molecule has 5 aromatic rings. The quantitative estimate of drug-likeness (QED) is 0.325. The SMILES string of the molecule is O=C(Nc1c(C(=O)Nc2cccc(Cl)c2)oc2ccccc12)c1cc(-c2ccccc2)on1. The number of benzene rings is 3. The molecule has 162 valence electrons. The minimum absolute atomic E-state index is 0.0451. The fraction of sp³-hybridized carbons (Fsp3) is 0. The molecule has 3 aromatic carbocycles. The number of amides is 2. The second kappa shape index (κ2) is 8.64. The topological polar surface area (TPSA) is 97.4 Å². The van der Waals surface area contributed by atoms with E-state index in [4.69, 9.17) is 20.5 Å². The highest BCUT2D eigenvalue weighted by molar-refractivity contribution is 6.31. The molecule has 5 rings (SSSR count). The molecule has 33 heavy (non-hydrogen) atoms. The van der Waals surface area contributed by atoms with Crippen LogP contribution in [0, 0.1) is 0 Å². The molecule has 0 spiro atoms. The number of fused-ring (bicyclic) bond motifs is 1. The van der Waals surface area contributed by atoms with Gasteiger partial charge in [0, 0.05) is 27.7 Å². The van der Waals surface area contributed by atoms with Gasteiger partial charge in [-0.2, -0.15) is 0 Å². The lowest BCUT2D eigenvalue weighted by Gasteiger charge is -2.06. The molecule has 0 aliphatic rings. The number of carbonyl (C=O) groups is 2. The first-order valence-corrected chi connectivity index (χ1v) is 10.4. The van der Waals surface area contributed by atoms with Gasteiger partial charge in [0.2, 0.25) is 5.76 Å². The van der Waals surface area contributed by atoms with Crippen LogP contribution in [-0.4, -0.2) is 17.0 Å². The summed E-state index contributed by atoms with van der Waals surface area (Å²) in [5.41, 5.74) is 2.04. The van der Waals surface area contributed by atoms with Crippen molar-refractivity contribution in [1.82, 2.24) is 5.16 Å². The van der Waals surface area contributed by atoms with Gasteiger partial charge in [0.15, 0.2) is 11.5 Å². The Hall–Kier alpha value is -4.36. The van der Waals surface area contributed by atoms with E-state index in [1.165, 1.54) is 0 Å². The van der Waals surface area contributed by atoms with Crippen LogP contribution >= 0.6 is 11.6 Å². The lowest BCUT2D eigenvalue weighted by Crippen LogP contribution is -2.17. The smallest absolute Gasteiger partial charge is 0.293 e. The van der Waals surface area contributed by atoms with Crippen molar-refractivity contribution in [3.63, 3.8) is 0 Å². The maximum atomic E-state index is 13.0. The predicted octanol–water partition coefficient (Wildman–Crippen LogP) is 6.25. The van der Waals surface area contributed by atoms with Crippen LogP contribution in [0.15, 0.2) is 93.9 Å². The minimum atomic E-state index is -0.538. The number of aromatic nitrogens is 1. The third-order valence-corrected chi connectivity index (χ3v) is 5.16. The molecule has 0 bridgehead atoms. The van der Waals surface area contributed by atoms with Crippen molar-refractivity contribution in [2.24, 2.45) is 0 Å². The average molecular weight is 458 g/mol. The summed E-state index contributed by atoms with van der Waals surface area (Å²) >= 11 is 6.01. The molecule has 0 aliphatic carbocycles. The van der Waals surface area contributed by atoms with Gasteiger partial charge in [-0.3, -0.25) is 9.59 Å². The summed E-state index contributed by atoms with van der Waals surface area (Å²) in [6, 6.07) is 24.6. The number of para-hydroxylation sites is 1. The Balaban J connectivity index is 1.46. The van der Waals surface area contributed by atoms with Gasteiger partial charge in [-0.25, -0.2) is 0 Å². The third kappa shape index (κ3) is 4.22. The molecule has 0 saturated carbocycles. The normalized spacial score (nSPS) is 10.8. The van der Waals surface area contributed by atoms with Gasteiger partial charge in [-0.15, -0.1) is 0 Å². The van der Waals surface area contributed by atoms with E-state index in [1.807, 2.05) is 30.3 Å². The van der Waals surface area contributed by atoms with Gasteiger partial charge in [-0.1, -0.05) is 65.3 Å². The first-order valence-electron chi connectivity index (χ1n) is 10.0. The summed E-state index contributed by atoms with van der Waals surface area (Å²) in [6.07, 6.45) is 0. The first-order chi connectivity index (χ1) is 16.1. The molecule has 2 N–H and O–H groups in total. The number of halogens is 1. The third-order valence-electron chi connectivity index (χ3n) is 4.92. The van der Waals surface area contributed by atoms with Crippen molar-refractivity contribution >= 4 is 45.8 Å². The van der Waals surface area contributed by atoms with E-state index in [2.05, 4.69) is 15.8 Å². The molecule has 2 amide bonds. The summed E-state index contributed by atoms with van der Waals surface area (Å²) in [4.78, 5) is 25.9. The van der Waals surface area contributed by atoms with E-state index in [-0.39, 0.29) is 17.1 Å². The Morgan fingerprint density at radius 2 is 1.61 bits per heavy atom. The van der Waals surface area contributed by atoms with Gasteiger partial charge in [0.05, 0.1) is 0 Å². The second-order valence-corrected chi connectivity index (χ2v) is 7.60. The van der Waals surface area contributed by atoms with Crippen LogP contribution in [-0.2, 0) is 0 Å². The first kappa shape index (κ1) is 20.5. The van der Waals surface area contributed by atoms with Crippen LogP contribution in [0.1, 0.15) is 21.0 Å². The Bertz CT molecular complexity index is 1470. The maximum absolute atomic E-state index is 13.0. The average Bonchev–Trinajstić information content (AvgIpc) is 3.46. The zero-order valence-corrected chi connectivity index (χ0v) is 17.8. The molecular formula is C25H16ClN3O4. The van der Waals surface area contributed by atoms with E-state index in [9.17, 15) is 9.59 Å². The van der Waals surface area contributed by atoms with Crippen molar-refractivity contribution < 1.29 is 18.5 Å². The van der Waals surface area contributed by atoms with Crippen molar-refractivity contribution in [3.05, 3.63) is 101 Å². The molecule has 0 atom stereocenters. The van der Waals surface area contributed by atoms with Gasteiger partial charge in [-0.05, 0) is 30.3 Å². The lowest BCUT2D eigenvalue weighted by atomic mass is 10.1. The zero-order valence-electron chi connectivity index (χ0n) is 17.0. The standard InChI is InChI=1S/C25H16ClN3O4/c26-16-9-6-10-17(13-16)27-25(31)23-22(18-11-4-5-12-20(18)32-23)28-24(30)19-14-21(33-29-19)15-7-2-1-3-8-15/h1-14H,(H,27,31)(H,28,30). The Labute approximate surface area is 192 Å². The number of anilines is 2. The molecule has 0 aliphatic heterocycles. The predicted molar refractivity (Wildman–Crippen MR) is 126 cm³/mol. The van der Waals surface area contributed by atoms with Crippen LogP contribution in [0.5, 0.6) is 0 Å². The molecule has 8 heteroatoms. The molecular weight excluding hydrogens is 442 g/mol. The van der Waals surface area contributed by atoms with Crippen LogP contribution in [0.2, 0.25) is 5.02 Å². The number of hydrogen-bond donors (Lipinski definition) is 2. The van der Waals surface area contributed by atoms with E-state index in [0.717, 1.165) is 5.56 Å². The minimum Gasteiger partial charge on any atom is -0.449 e. The molecule has 2 aromatic heterocycles. The van der Waals surface area contributed by atoms with Crippen LogP contribution in [0.4, 0.5) is 11.4 Å². The Morgan fingerprint density at radius 3 is 2.42 bits per heavy atom. The van der Waals surface area contributed by atoms with Crippen LogP contribution < -0.4 is 10.6 Å². The summed E-state index contributed by atoms with van der Waals surface area (Å²) in [5.74, 6) is -0.661. The van der Waals surface area contributed by atoms with Crippen molar-refractivity contribution in [3.8, 4) is 11.3 Å². The Morgan fingerprint density at radius 1 is 0.818 bits per heavy atom. The van der Waals surface area contributed by atoms with Crippen molar-refractivity contribution in [1.29, 1.82) is 0 Å². The number of furan rings is 1. The summed E-state index contributed by atoms with van der Waals surface area (Å²) in [6.45, 7) is 0. The zero-order chi connectivity index (χ0) is 22.8. The number of hydrogen-bond acceptors (Lipinski definition) is 5. The summed E-state index contributed by atoms with van der Waals surface area (Å²) < 4.78 is 11.1. The highest BCUT2D eigenvalue weighted by Crippen LogP contribution is 2.32. The van der Waals surface area contributed by atoms with Crippen molar-refractivity contribution in [2.75, 3.05) is 10.6 Å². The maximum Gasteiger partial charge on any atom is 0.293 e. The molecule has 0 fully saturated rings. The molecule has 0 saturated heterocycles. The summed E-state index contributed by atoms with van der Waals surface area (Å²) in [5, 5.41) is 10.4. The Kier molecular flexibility index (Phi) is 5.38. The highest BCUT2D eigenvalue weighted by atomic mass is 35.5. The molecule has 7 nitrogen and oxygen atoms in total.